The van der Waals surface area contributed by atoms with Crippen LogP contribution in [0.15, 0.2) is 52.3 Å². The van der Waals surface area contributed by atoms with Crippen molar-refractivity contribution >= 4 is 38.7 Å². The molecule has 0 heterocycles. The second-order valence-corrected chi connectivity index (χ2v) is 7.74. The van der Waals surface area contributed by atoms with Gasteiger partial charge in [0.05, 0.1) is 28.9 Å². The van der Waals surface area contributed by atoms with Gasteiger partial charge in [-0.25, -0.2) is 8.42 Å². The Labute approximate surface area is 151 Å². The van der Waals surface area contributed by atoms with Gasteiger partial charge in [-0.2, -0.15) is 0 Å². The number of benzene rings is 2. The normalized spacial score (nSPS) is 12.7. The summed E-state index contributed by atoms with van der Waals surface area (Å²) in [7, 11) is -2.27. The Bertz CT molecular complexity index is 794. The highest BCUT2D eigenvalue weighted by Gasteiger charge is 2.19. The van der Waals surface area contributed by atoms with Crippen LogP contribution in [0.4, 0.5) is 5.69 Å². The fourth-order valence-corrected chi connectivity index (χ4v) is 3.54. The van der Waals surface area contributed by atoms with Crippen LogP contribution in [-0.2, 0) is 9.84 Å². The van der Waals surface area contributed by atoms with Crippen molar-refractivity contribution in [3.8, 4) is 5.75 Å². The second kappa shape index (κ2) is 8.07. The van der Waals surface area contributed by atoms with Gasteiger partial charge in [0.2, 0.25) is 9.84 Å². The third-order valence-electron chi connectivity index (χ3n) is 3.27. The number of anilines is 1. The minimum atomic E-state index is -3.72. The number of sulfone groups is 1. The van der Waals surface area contributed by atoms with Gasteiger partial charge in [-0.05, 0) is 36.4 Å². The Kier molecular flexibility index (Phi) is 6.34. The van der Waals surface area contributed by atoms with E-state index in [9.17, 15) is 13.5 Å². The first-order valence-electron chi connectivity index (χ1n) is 7.04. The first-order chi connectivity index (χ1) is 11.4. The van der Waals surface area contributed by atoms with E-state index in [4.69, 9.17) is 27.9 Å². The van der Waals surface area contributed by atoms with Gasteiger partial charge in [0.1, 0.15) is 5.75 Å². The largest absolute Gasteiger partial charge is 0.497 e. The summed E-state index contributed by atoms with van der Waals surface area (Å²) in [6.45, 7) is 0.192. The van der Waals surface area contributed by atoms with Gasteiger partial charge in [0, 0.05) is 23.3 Å². The van der Waals surface area contributed by atoms with E-state index in [-0.39, 0.29) is 22.2 Å². The predicted octanol–water partition coefficient (Wildman–Crippen LogP) is 3.19. The molecule has 0 radical (unpaired) electrons. The number of halogens is 2. The highest BCUT2D eigenvalue weighted by Crippen LogP contribution is 2.29. The van der Waals surface area contributed by atoms with Gasteiger partial charge >= 0.3 is 0 Å². The number of aliphatic hydroxyl groups excluding tert-OH is 1. The highest BCUT2D eigenvalue weighted by molar-refractivity contribution is 7.91. The van der Waals surface area contributed by atoms with E-state index in [2.05, 4.69) is 5.32 Å². The van der Waals surface area contributed by atoms with Crippen molar-refractivity contribution < 1.29 is 18.3 Å². The molecular formula is C16H17Cl2NO4S. The summed E-state index contributed by atoms with van der Waals surface area (Å²) in [5.74, 6) is 0.459. The minimum Gasteiger partial charge on any atom is -0.497 e. The van der Waals surface area contributed by atoms with Crippen molar-refractivity contribution in [2.75, 3.05) is 24.9 Å². The number of alkyl halides is 1. The average Bonchev–Trinajstić information content (AvgIpc) is 2.59. The van der Waals surface area contributed by atoms with Crippen LogP contribution in [-0.4, -0.2) is 39.2 Å². The maximum absolute atomic E-state index is 12.8. The standard InChI is InChI=1S/C16H17Cl2NO4S/c1-23-14-6-12(19-10-13(20)9-17)7-16(8-14)24(21,22)15-4-2-11(18)3-5-15/h2-8,13,19-20H,9-10H2,1H3. The monoisotopic (exact) mass is 389 g/mol. The molecule has 24 heavy (non-hydrogen) atoms. The van der Waals surface area contributed by atoms with Crippen molar-refractivity contribution in [3.63, 3.8) is 0 Å². The summed E-state index contributed by atoms with van der Waals surface area (Å²) in [6.07, 6.45) is -0.741. The van der Waals surface area contributed by atoms with E-state index in [1.54, 1.807) is 6.07 Å². The molecule has 2 N–H and O–H groups in total. The van der Waals surface area contributed by atoms with E-state index in [1.165, 1.54) is 43.5 Å². The second-order valence-electron chi connectivity index (χ2n) is 5.04. The van der Waals surface area contributed by atoms with Crippen molar-refractivity contribution in [1.29, 1.82) is 0 Å². The molecule has 8 heteroatoms. The zero-order chi connectivity index (χ0) is 17.7. The van der Waals surface area contributed by atoms with E-state index in [0.717, 1.165) is 0 Å². The quantitative estimate of drug-likeness (QED) is 0.711. The molecule has 1 unspecified atom stereocenters. The molecule has 0 aliphatic rings. The SMILES string of the molecule is COc1cc(NCC(O)CCl)cc(S(=O)(=O)c2ccc(Cl)cc2)c1. The lowest BCUT2D eigenvalue weighted by Gasteiger charge is -2.13. The van der Waals surface area contributed by atoms with Crippen LogP contribution in [0.5, 0.6) is 5.75 Å². The van der Waals surface area contributed by atoms with Crippen LogP contribution in [0.2, 0.25) is 5.02 Å². The Morgan fingerprint density at radius 2 is 1.83 bits per heavy atom. The maximum Gasteiger partial charge on any atom is 0.206 e. The molecule has 0 aromatic heterocycles. The smallest absolute Gasteiger partial charge is 0.206 e. The van der Waals surface area contributed by atoms with Crippen molar-refractivity contribution in [3.05, 3.63) is 47.5 Å². The molecule has 1 atom stereocenters. The van der Waals surface area contributed by atoms with Crippen LogP contribution in [0.1, 0.15) is 0 Å². The van der Waals surface area contributed by atoms with Crippen LogP contribution < -0.4 is 10.1 Å². The number of methoxy groups -OCH3 is 1. The Morgan fingerprint density at radius 3 is 2.42 bits per heavy atom. The third kappa shape index (κ3) is 4.54. The summed E-state index contributed by atoms with van der Waals surface area (Å²) in [5.41, 5.74) is 0.506. The number of nitrogens with one attached hydrogen (secondary N) is 1. The molecule has 0 saturated carbocycles. The maximum atomic E-state index is 12.8. The highest BCUT2D eigenvalue weighted by atomic mass is 35.5. The molecule has 0 spiro atoms. The zero-order valence-corrected chi connectivity index (χ0v) is 15.2. The molecule has 2 aromatic rings. The predicted molar refractivity (Wildman–Crippen MR) is 95.1 cm³/mol. The molecule has 2 rings (SSSR count). The first kappa shape index (κ1) is 18.9. The lowest BCUT2D eigenvalue weighted by Crippen LogP contribution is -2.20. The molecule has 0 aliphatic heterocycles. The number of hydrogen-bond acceptors (Lipinski definition) is 5. The molecule has 130 valence electrons. The number of aliphatic hydroxyl groups is 1. The summed E-state index contributed by atoms with van der Waals surface area (Å²) < 4.78 is 30.7. The summed E-state index contributed by atoms with van der Waals surface area (Å²) >= 11 is 11.4. The van der Waals surface area contributed by atoms with Gasteiger partial charge in [0.15, 0.2) is 0 Å². The van der Waals surface area contributed by atoms with Gasteiger partial charge < -0.3 is 15.2 Å². The van der Waals surface area contributed by atoms with Gasteiger partial charge in [-0.15, -0.1) is 11.6 Å². The first-order valence-corrected chi connectivity index (χ1v) is 9.44. The molecule has 5 nitrogen and oxygen atoms in total. The van der Waals surface area contributed by atoms with Gasteiger partial charge in [-0.3, -0.25) is 0 Å². The Hall–Kier alpha value is -1.47. The summed E-state index contributed by atoms with van der Waals surface area (Å²) in [4.78, 5) is 0.207. The lowest BCUT2D eigenvalue weighted by molar-refractivity contribution is 0.211. The molecule has 0 amide bonds. The van der Waals surface area contributed by atoms with E-state index >= 15 is 0 Å². The average molecular weight is 390 g/mol. The summed E-state index contributed by atoms with van der Waals surface area (Å²) in [6, 6.07) is 10.5. The van der Waals surface area contributed by atoms with Gasteiger partial charge in [-0.1, -0.05) is 11.6 Å². The fourth-order valence-electron chi connectivity index (χ4n) is 1.99. The molecule has 0 saturated heterocycles. The van der Waals surface area contributed by atoms with Gasteiger partial charge in [0.25, 0.3) is 0 Å². The van der Waals surface area contributed by atoms with Crippen LogP contribution in [0.3, 0.4) is 0 Å². The van der Waals surface area contributed by atoms with Crippen molar-refractivity contribution in [2.45, 2.75) is 15.9 Å². The van der Waals surface area contributed by atoms with E-state index < -0.39 is 15.9 Å². The molecule has 0 fully saturated rings. The van der Waals surface area contributed by atoms with Crippen molar-refractivity contribution in [2.24, 2.45) is 0 Å². The van der Waals surface area contributed by atoms with E-state index in [1.807, 2.05) is 0 Å². The Morgan fingerprint density at radius 1 is 1.17 bits per heavy atom. The summed E-state index contributed by atoms with van der Waals surface area (Å²) in [5, 5.41) is 12.9. The molecule has 2 aromatic carbocycles. The van der Waals surface area contributed by atoms with Crippen molar-refractivity contribution in [1.82, 2.24) is 0 Å². The zero-order valence-electron chi connectivity index (χ0n) is 12.9. The third-order valence-corrected chi connectivity index (χ3v) is 5.63. The molecule has 0 bridgehead atoms. The number of ether oxygens (including phenoxy) is 1. The minimum absolute atomic E-state index is 0.0760. The van der Waals surface area contributed by atoms with Crippen LogP contribution in [0.25, 0.3) is 0 Å². The number of hydrogen-bond donors (Lipinski definition) is 2. The fraction of sp³-hybridized carbons (Fsp3) is 0.250. The van der Waals surface area contributed by atoms with Crippen LogP contribution >= 0.6 is 23.2 Å². The topological polar surface area (TPSA) is 75.6 Å². The van der Waals surface area contributed by atoms with Crippen LogP contribution in [0, 0.1) is 0 Å². The molecule has 0 aliphatic carbocycles. The Balaban J connectivity index is 2.39. The lowest BCUT2D eigenvalue weighted by atomic mass is 10.3. The molecular weight excluding hydrogens is 373 g/mol. The van der Waals surface area contributed by atoms with E-state index in [0.29, 0.717) is 16.5 Å². The number of rotatable bonds is 7.